The van der Waals surface area contributed by atoms with Crippen molar-refractivity contribution in [2.75, 3.05) is 5.32 Å². The van der Waals surface area contributed by atoms with Crippen molar-refractivity contribution in [1.82, 2.24) is 9.78 Å². The number of carboxylic acid groups (broad SMARTS) is 1. The van der Waals surface area contributed by atoms with Crippen LogP contribution in [0.2, 0.25) is 0 Å². The Morgan fingerprint density at radius 2 is 1.81 bits per heavy atom. The molecule has 0 bridgehead atoms. The van der Waals surface area contributed by atoms with Crippen LogP contribution in [0.1, 0.15) is 24.2 Å². The van der Waals surface area contributed by atoms with Gasteiger partial charge in [0.1, 0.15) is 0 Å². The van der Waals surface area contributed by atoms with Gasteiger partial charge in [0.25, 0.3) is 5.91 Å². The fourth-order valence-electron chi connectivity index (χ4n) is 1.89. The quantitative estimate of drug-likeness (QED) is 0.782. The van der Waals surface area contributed by atoms with E-state index in [9.17, 15) is 26.8 Å². The number of rotatable bonds is 6. The maximum atomic E-state index is 12.5. The Bertz CT molecular complexity index is 936. The van der Waals surface area contributed by atoms with Gasteiger partial charge in [-0.15, -0.1) is 0 Å². The summed E-state index contributed by atoms with van der Waals surface area (Å²) in [6, 6.07) is 4.01. The van der Waals surface area contributed by atoms with E-state index in [1.807, 2.05) is 0 Å². The van der Waals surface area contributed by atoms with Crippen molar-refractivity contribution in [3.05, 3.63) is 42.2 Å². The summed E-state index contributed by atoms with van der Waals surface area (Å²) in [5.41, 5.74) is -1.08. The SMILES string of the molecule is CC(C)(C(=O)O)n1cc(NC(=O)c2ccc(S(=O)(=O)C(F)F)cc2)cn1. The van der Waals surface area contributed by atoms with Crippen LogP contribution in [-0.2, 0) is 20.2 Å². The minimum atomic E-state index is -4.73. The second-order valence-corrected chi connectivity index (χ2v) is 7.74. The van der Waals surface area contributed by atoms with Gasteiger partial charge in [0, 0.05) is 11.8 Å². The molecule has 0 saturated heterocycles. The molecule has 0 aliphatic rings. The molecule has 0 saturated carbocycles. The van der Waals surface area contributed by atoms with E-state index in [4.69, 9.17) is 5.11 Å². The van der Waals surface area contributed by atoms with Crippen molar-refractivity contribution in [3.63, 3.8) is 0 Å². The van der Waals surface area contributed by atoms with Crippen LogP contribution in [0.25, 0.3) is 0 Å². The number of sulfone groups is 1. The predicted octanol–water partition coefficient (Wildman–Crippen LogP) is 1.95. The second-order valence-electron chi connectivity index (χ2n) is 5.82. The van der Waals surface area contributed by atoms with Gasteiger partial charge in [-0.25, -0.2) is 13.2 Å². The maximum Gasteiger partial charge on any atom is 0.341 e. The number of aliphatic carboxylic acids is 1. The first-order valence-corrected chi connectivity index (χ1v) is 8.73. The number of nitrogens with zero attached hydrogens (tertiary/aromatic N) is 2. The van der Waals surface area contributed by atoms with Gasteiger partial charge in [-0.2, -0.15) is 13.9 Å². The molecule has 1 aromatic heterocycles. The predicted molar refractivity (Wildman–Crippen MR) is 86.8 cm³/mol. The lowest BCUT2D eigenvalue weighted by Crippen LogP contribution is -2.35. The lowest BCUT2D eigenvalue weighted by atomic mass is 10.1. The molecule has 0 aliphatic carbocycles. The molecule has 0 fully saturated rings. The lowest BCUT2D eigenvalue weighted by molar-refractivity contribution is -0.146. The van der Waals surface area contributed by atoms with E-state index in [1.54, 1.807) is 0 Å². The second kappa shape index (κ2) is 6.83. The van der Waals surface area contributed by atoms with Gasteiger partial charge in [-0.05, 0) is 38.1 Å². The summed E-state index contributed by atoms with van der Waals surface area (Å²) in [7, 11) is -4.73. The average molecular weight is 387 g/mol. The highest BCUT2D eigenvalue weighted by atomic mass is 32.2. The van der Waals surface area contributed by atoms with Crippen LogP contribution in [0.15, 0.2) is 41.6 Å². The summed E-state index contributed by atoms with van der Waals surface area (Å²) < 4.78 is 48.8. The van der Waals surface area contributed by atoms with Gasteiger partial charge in [0.15, 0.2) is 5.54 Å². The van der Waals surface area contributed by atoms with E-state index in [-0.39, 0.29) is 11.3 Å². The Kier molecular flexibility index (Phi) is 5.12. The van der Waals surface area contributed by atoms with Crippen LogP contribution >= 0.6 is 0 Å². The molecule has 26 heavy (non-hydrogen) atoms. The minimum Gasteiger partial charge on any atom is -0.479 e. The number of benzene rings is 1. The number of hydrogen-bond donors (Lipinski definition) is 2. The summed E-state index contributed by atoms with van der Waals surface area (Å²) in [4.78, 5) is 22.7. The van der Waals surface area contributed by atoms with E-state index in [1.165, 1.54) is 26.2 Å². The highest BCUT2D eigenvalue weighted by Crippen LogP contribution is 2.20. The number of carbonyl (C=O) groups excluding carboxylic acids is 1. The molecular weight excluding hydrogens is 372 g/mol. The van der Waals surface area contributed by atoms with Gasteiger partial charge in [0.05, 0.1) is 16.8 Å². The van der Waals surface area contributed by atoms with Crippen LogP contribution in [0.3, 0.4) is 0 Å². The highest BCUT2D eigenvalue weighted by Gasteiger charge is 2.30. The molecule has 2 N–H and O–H groups in total. The Balaban J connectivity index is 2.17. The summed E-state index contributed by atoms with van der Waals surface area (Å²) in [5, 5.41) is 15.5. The van der Waals surface area contributed by atoms with E-state index >= 15 is 0 Å². The Morgan fingerprint density at radius 3 is 2.31 bits per heavy atom. The fraction of sp³-hybridized carbons (Fsp3) is 0.267. The third-order valence-corrected chi connectivity index (χ3v) is 5.01. The van der Waals surface area contributed by atoms with Crippen LogP contribution in [0.5, 0.6) is 0 Å². The molecule has 140 valence electrons. The van der Waals surface area contributed by atoms with Gasteiger partial charge >= 0.3 is 11.7 Å². The van der Waals surface area contributed by atoms with Crippen LogP contribution in [0, 0.1) is 0 Å². The number of alkyl halides is 2. The van der Waals surface area contributed by atoms with Gasteiger partial charge < -0.3 is 10.4 Å². The van der Waals surface area contributed by atoms with Crippen molar-refractivity contribution in [2.45, 2.75) is 30.0 Å². The van der Waals surface area contributed by atoms with Crippen molar-refractivity contribution < 1.29 is 31.9 Å². The maximum absolute atomic E-state index is 12.5. The molecule has 0 unspecified atom stereocenters. The molecule has 2 rings (SSSR count). The highest BCUT2D eigenvalue weighted by molar-refractivity contribution is 7.91. The first-order chi connectivity index (χ1) is 12.0. The van der Waals surface area contributed by atoms with Crippen molar-refractivity contribution >= 4 is 27.4 Å². The van der Waals surface area contributed by atoms with E-state index < -0.39 is 37.9 Å². The molecule has 0 spiro atoms. The van der Waals surface area contributed by atoms with Crippen LogP contribution in [0.4, 0.5) is 14.5 Å². The topological polar surface area (TPSA) is 118 Å². The summed E-state index contributed by atoms with van der Waals surface area (Å²) >= 11 is 0. The molecule has 2 aromatic rings. The molecule has 0 atom stereocenters. The van der Waals surface area contributed by atoms with Crippen molar-refractivity contribution in [3.8, 4) is 0 Å². The normalized spacial score (nSPS) is 12.2. The minimum absolute atomic E-state index is 0.0310. The Morgan fingerprint density at radius 1 is 1.23 bits per heavy atom. The van der Waals surface area contributed by atoms with Gasteiger partial charge in [-0.1, -0.05) is 0 Å². The zero-order chi connectivity index (χ0) is 19.7. The lowest BCUT2D eigenvalue weighted by Gasteiger charge is -2.19. The molecule has 1 aromatic carbocycles. The number of carbonyl (C=O) groups is 2. The number of hydrogen-bond acceptors (Lipinski definition) is 5. The first kappa shape index (κ1) is 19.5. The van der Waals surface area contributed by atoms with E-state index in [2.05, 4.69) is 10.4 Å². The molecule has 1 heterocycles. The molecule has 0 aliphatic heterocycles. The zero-order valence-electron chi connectivity index (χ0n) is 13.7. The Hall–Kier alpha value is -2.82. The Labute approximate surface area is 147 Å². The number of carboxylic acids is 1. The third kappa shape index (κ3) is 3.72. The monoisotopic (exact) mass is 387 g/mol. The van der Waals surface area contributed by atoms with Crippen molar-refractivity contribution in [1.29, 1.82) is 0 Å². The number of amides is 1. The summed E-state index contributed by atoms with van der Waals surface area (Å²) in [6.07, 6.45) is 2.57. The summed E-state index contributed by atoms with van der Waals surface area (Å²) in [5.74, 6) is -5.31. The van der Waals surface area contributed by atoms with Crippen LogP contribution < -0.4 is 5.32 Å². The van der Waals surface area contributed by atoms with Gasteiger partial charge in [-0.3, -0.25) is 9.48 Å². The number of aromatic nitrogens is 2. The standard InChI is InChI=1S/C15H15F2N3O5S/c1-15(2,13(22)23)20-8-10(7-18-20)19-12(21)9-3-5-11(6-4-9)26(24,25)14(16)17/h3-8,14H,1-2H3,(H,19,21)(H,22,23). The number of nitrogens with one attached hydrogen (secondary N) is 1. The largest absolute Gasteiger partial charge is 0.479 e. The smallest absolute Gasteiger partial charge is 0.341 e. The average Bonchev–Trinajstić information content (AvgIpc) is 3.03. The number of anilines is 1. The molecule has 11 heteroatoms. The van der Waals surface area contributed by atoms with E-state index in [0.29, 0.717) is 0 Å². The van der Waals surface area contributed by atoms with Crippen molar-refractivity contribution in [2.24, 2.45) is 0 Å². The summed E-state index contributed by atoms with van der Waals surface area (Å²) in [6.45, 7) is 2.85. The van der Waals surface area contributed by atoms with Crippen LogP contribution in [-0.4, -0.2) is 40.9 Å². The first-order valence-electron chi connectivity index (χ1n) is 7.18. The molecule has 0 radical (unpaired) electrons. The third-order valence-electron chi connectivity index (χ3n) is 3.62. The fourth-order valence-corrected chi connectivity index (χ4v) is 2.61. The number of halogens is 2. The zero-order valence-corrected chi connectivity index (χ0v) is 14.5. The van der Waals surface area contributed by atoms with Gasteiger partial charge in [0.2, 0.25) is 9.84 Å². The molecule has 1 amide bonds. The molecular formula is C15H15F2N3O5S. The van der Waals surface area contributed by atoms with E-state index in [0.717, 1.165) is 28.9 Å². The molecule has 8 nitrogen and oxygen atoms in total.